The molecule has 114 valence electrons. The molecule has 1 aromatic heterocycles. The first-order valence-corrected chi connectivity index (χ1v) is 7.48. The molecule has 2 aliphatic rings. The van der Waals surface area contributed by atoms with Crippen LogP contribution >= 0.6 is 0 Å². The fourth-order valence-electron chi connectivity index (χ4n) is 3.74. The third-order valence-corrected chi connectivity index (χ3v) is 4.82. The van der Waals surface area contributed by atoms with Crippen molar-refractivity contribution in [1.82, 2.24) is 19.7 Å². The van der Waals surface area contributed by atoms with Crippen molar-refractivity contribution in [2.24, 2.45) is 5.92 Å². The number of hydrogen-bond donors (Lipinski definition) is 1. The van der Waals surface area contributed by atoms with Crippen molar-refractivity contribution < 1.29 is 14.7 Å². The molecule has 0 spiro atoms. The second kappa shape index (κ2) is 5.46. The number of likely N-dealkylation sites (tertiary alicyclic amines) is 1. The largest absolute Gasteiger partial charge is 0.480 e. The van der Waals surface area contributed by atoms with Crippen LogP contribution in [0.3, 0.4) is 0 Å². The van der Waals surface area contributed by atoms with Crippen LogP contribution in [0.15, 0.2) is 12.7 Å². The third kappa shape index (κ3) is 2.41. The van der Waals surface area contributed by atoms with E-state index in [1.54, 1.807) is 11.8 Å². The van der Waals surface area contributed by atoms with Crippen molar-refractivity contribution in [3.05, 3.63) is 12.7 Å². The van der Waals surface area contributed by atoms with E-state index < -0.39 is 18.1 Å². The molecule has 7 nitrogen and oxygen atoms in total. The Morgan fingerprint density at radius 2 is 2.10 bits per heavy atom. The molecule has 2 heterocycles. The van der Waals surface area contributed by atoms with Crippen molar-refractivity contribution >= 4 is 11.9 Å². The minimum atomic E-state index is -0.899. The Morgan fingerprint density at radius 1 is 1.33 bits per heavy atom. The van der Waals surface area contributed by atoms with Gasteiger partial charge in [0.1, 0.15) is 24.7 Å². The molecule has 21 heavy (non-hydrogen) atoms. The SMILES string of the molecule is CC(C(=O)N1C(C(=O)O)CC2CCCCC21)n1cncn1. The summed E-state index contributed by atoms with van der Waals surface area (Å²) in [6.45, 7) is 1.74. The first-order valence-electron chi connectivity index (χ1n) is 7.48. The average molecular weight is 292 g/mol. The summed E-state index contributed by atoms with van der Waals surface area (Å²) in [6, 6.07) is -1.15. The van der Waals surface area contributed by atoms with Crippen LogP contribution in [-0.4, -0.2) is 48.7 Å². The third-order valence-electron chi connectivity index (χ3n) is 4.82. The van der Waals surface area contributed by atoms with E-state index in [1.807, 2.05) is 0 Å². The van der Waals surface area contributed by atoms with Crippen molar-refractivity contribution in [2.45, 2.75) is 57.2 Å². The van der Waals surface area contributed by atoms with Crippen LogP contribution in [0.5, 0.6) is 0 Å². The van der Waals surface area contributed by atoms with E-state index >= 15 is 0 Å². The second-order valence-corrected chi connectivity index (χ2v) is 6.00. The van der Waals surface area contributed by atoms with Gasteiger partial charge in [-0.2, -0.15) is 5.10 Å². The summed E-state index contributed by atoms with van der Waals surface area (Å²) < 4.78 is 1.48. The summed E-state index contributed by atoms with van der Waals surface area (Å²) in [4.78, 5) is 29.8. The summed E-state index contributed by atoms with van der Waals surface area (Å²) in [5.41, 5.74) is 0. The molecule has 0 radical (unpaired) electrons. The molecular weight excluding hydrogens is 272 g/mol. The number of carboxylic acids is 1. The van der Waals surface area contributed by atoms with Gasteiger partial charge in [0.25, 0.3) is 0 Å². The molecule has 1 aromatic rings. The van der Waals surface area contributed by atoms with E-state index in [2.05, 4.69) is 10.1 Å². The summed E-state index contributed by atoms with van der Waals surface area (Å²) in [5.74, 6) is -0.738. The average Bonchev–Trinajstić information content (AvgIpc) is 3.12. The zero-order valence-electron chi connectivity index (χ0n) is 12.1. The van der Waals surface area contributed by atoms with Gasteiger partial charge < -0.3 is 10.0 Å². The van der Waals surface area contributed by atoms with E-state index in [1.165, 1.54) is 17.3 Å². The number of carbonyl (C=O) groups is 2. The maximum absolute atomic E-state index is 12.8. The van der Waals surface area contributed by atoms with Gasteiger partial charge in [0, 0.05) is 6.04 Å². The first kappa shape index (κ1) is 14.0. The van der Waals surface area contributed by atoms with Crippen molar-refractivity contribution in [3.8, 4) is 0 Å². The van der Waals surface area contributed by atoms with Gasteiger partial charge in [0.15, 0.2) is 0 Å². The van der Waals surface area contributed by atoms with E-state index in [4.69, 9.17) is 0 Å². The van der Waals surface area contributed by atoms with Crippen LogP contribution in [0.4, 0.5) is 0 Å². The zero-order valence-corrected chi connectivity index (χ0v) is 12.1. The van der Waals surface area contributed by atoms with Crippen LogP contribution in [0, 0.1) is 5.92 Å². The molecule has 1 aliphatic heterocycles. The molecule has 2 fully saturated rings. The fraction of sp³-hybridized carbons (Fsp3) is 0.714. The number of aromatic nitrogens is 3. The monoisotopic (exact) mass is 292 g/mol. The lowest BCUT2D eigenvalue weighted by molar-refractivity contribution is -0.151. The summed E-state index contributed by atoms with van der Waals surface area (Å²) in [7, 11) is 0. The molecule has 4 unspecified atom stereocenters. The van der Waals surface area contributed by atoms with Crippen LogP contribution in [0.25, 0.3) is 0 Å². The minimum absolute atomic E-state index is 0.0679. The number of hydrogen-bond acceptors (Lipinski definition) is 4. The smallest absolute Gasteiger partial charge is 0.326 e. The molecule has 4 atom stereocenters. The van der Waals surface area contributed by atoms with Gasteiger partial charge in [-0.3, -0.25) is 4.79 Å². The van der Waals surface area contributed by atoms with E-state index in [9.17, 15) is 14.7 Å². The lowest BCUT2D eigenvalue weighted by atomic mass is 9.84. The van der Waals surface area contributed by atoms with Gasteiger partial charge in [-0.25, -0.2) is 14.5 Å². The number of carboxylic acid groups (broad SMARTS) is 1. The Labute approximate surface area is 123 Å². The quantitative estimate of drug-likeness (QED) is 0.900. The predicted octanol–water partition coefficient (Wildman–Crippen LogP) is 1.08. The van der Waals surface area contributed by atoms with Gasteiger partial charge in [-0.1, -0.05) is 12.8 Å². The highest BCUT2D eigenvalue weighted by Gasteiger charge is 2.48. The number of aliphatic carboxylic acids is 1. The highest BCUT2D eigenvalue weighted by atomic mass is 16.4. The molecular formula is C14H20N4O3. The van der Waals surface area contributed by atoms with Crippen LogP contribution < -0.4 is 0 Å². The zero-order chi connectivity index (χ0) is 15.0. The number of fused-ring (bicyclic) bond motifs is 1. The lowest BCUT2D eigenvalue weighted by Crippen LogP contribution is -2.48. The summed E-state index contributed by atoms with van der Waals surface area (Å²) in [6.07, 6.45) is 7.58. The van der Waals surface area contributed by atoms with Gasteiger partial charge in [-0.05, 0) is 32.1 Å². The molecule has 1 aliphatic carbocycles. The molecule has 7 heteroatoms. The minimum Gasteiger partial charge on any atom is -0.480 e. The molecule has 0 bridgehead atoms. The Bertz CT molecular complexity index is 530. The van der Waals surface area contributed by atoms with Crippen molar-refractivity contribution in [2.75, 3.05) is 0 Å². The molecule has 1 amide bonds. The van der Waals surface area contributed by atoms with E-state index in [-0.39, 0.29) is 11.9 Å². The van der Waals surface area contributed by atoms with Crippen LogP contribution in [0.1, 0.15) is 45.1 Å². The molecule has 1 saturated heterocycles. The Hall–Kier alpha value is -1.92. The van der Waals surface area contributed by atoms with Crippen molar-refractivity contribution in [3.63, 3.8) is 0 Å². The van der Waals surface area contributed by atoms with Crippen molar-refractivity contribution in [1.29, 1.82) is 0 Å². The first-order chi connectivity index (χ1) is 10.1. The topological polar surface area (TPSA) is 88.3 Å². The van der Waals surface area contributed by atoms with E-state index in [0.717, 1.165) is 25.7 Å². The van der Waals surface area contributed by atoms with Crippen LogP contribution in [0.2, 0.25) is 0 Å². The number of nitrogens with zero attached hydrogens (tertiary/aromatic N) is 4. The number of carbonyl (C=O) groups excluding carboxylic acids is 1. The standard InChI is InChI=1S/C14H20N4O3/c1-9(17-8-15-7-16-17)13(19)18-11-5-3-2-4-10(11)6-12(18)14(20)21/h7-12H,2-6H2,1H3,(H,20,21). The number of rotatable bonds is 3. The van der Waals surface area contributed by atoms with Gasteiger partial charge in [0.2, 0.25) is 5.91 Å². The maximum atomic E-state index is 12.8. The van der Waals surface area contributed by atoms with Gasteiger partial charge in [0.05, 0.1) is 0 Å². The highest BCUT2D eigenvalue weighted by molar-refractivity contribution is 5.86. The highest BCUT2D eigenvalue weighted by Crippen LogP contribution is 2.40. The number of amides is 1. The maximum Gasteiger partial charge on any atom is 0.326 e. The Morgan fingerprint density at radius 3 is 2.76 bits per heavy atom. The summed E-state index contributed by atoms with van der Waals surface area (Å²) in [5, 5.41) is 13.5. The van der Waals surface area contributed by atoms with E-state index in [0.29, 0.717) is 12.3 Å². The summed E-state index contributed by atoms with van der Waals surface area (Å²) >= 11 is 0. The predicted molar refractivity (Wildman–Crippen MR) is 73.4 cm³/mol. The normalized spacial score (nSPS) is 30.0. The van der Waals surface area contributed by atoms with Gasteiger partial charge >= 0.3 is 5.97 Å². The lowest BCUT2D eigenvalue weighted by Gasteiger charge is -2.34. The Kier molecular flexibility index (Phi) is 3.65. The molecule has 1 saturated carbocycles. The fourth-order valence-corrected chi connectivity index (χ4v) is 3.74. The van der Waals surface area contributed by atoms with Crippen LogP contribution in [-0.2, 0) is 9.59 Å². The molecule has 1 N–H and O–H groups in total. The molecule has 0 aromatic carbocycles. The second-order valence-electron chi connectivity index (χ2n) is 6.00. The van der Waals surface area contributed by atoms with Gasteiger partial charge in [-0.15, -0.1) is 0 Å². The molecule has 3 rings (SSSR count). The Balaban J connectivity index is 1.86.